The molecule has 1 saturated heterocycles. The van der Waals surface area contributed by atoms with Crippen molar-refractivity contribution >= 4 is 0 Å². The van der Waals surface area contributed by atoms with Gasteiger partial charge in [0.25, 0.3) is 0 Å². The van der Waals surface area contributed by atoms with Crippen molar-refractivity contribution in [1.82, 2.24) is 0 Å². The van der Waals surface area contributed by atoms with Crippen LogP contribution in [0.1, 0.15) is 26.7 Å². The van der Waals surface area contributed by atoms with Crippen molar-refractivity contribution < 1.29 is 9.84 Å². The molecule has 0 aromatic heterocycles. The van der Waals surface area contributed by atoms with Gasteiger partial charge in [-0.25, -0.2) is 0 Å². The van der Waals surface area contributed by atoms with Gasteiger partial charge in [-0.1, -0.05) is 0 Å². The van der Waals surface area contributed by atoms with Crippen LogP contribution in [0, 0.1) is 5.41 Å². The van der Waals surface area contributed by atoms with E-state index in [1.165, 1.54) is 0 Å². The Hall–Kier alpha value is -0.120. The highest BCUT2D eigenvalue weighted by atomic mass is 16.5. The van der Waals surface area contributed by atoms with E-state index < -0.39 is 0 Å². The average molecular weight is 173 g/mol. The van der Waals surface area contributed by atoms with E-state index in [9.17, 15) is 5.11 Å². The summed E-state index contributed by atoms with van der Waals surface area (Å²) in [5, 5.41) is 9.24. The lowest BCUT2D eigenvalue weighted by Crippen LogP contribution is -2.45. The van der Waals surface area contributed by atoms with Gasteiger partial charge in [0.1, 0.15) is 0 Å². The van der Waals surface area contributed by atoms with Gasteiger partial charge in [-0.2, -0.15) is 0 Å². The number of aliphatic hydroxyl groups excluding tert-OH is 1. The number of nitrogens with two attached hydrogens (primary N) is 1. The van der Waals surface area contributed by atoms with Gasteiger partial charge >= 0.3 is 0 Å². The molecule has 0 radical (unpaired) electrons. The number of ether oxygens (including phenoxy) is 1. The fraction of sp³-hybridized carbons (Fsp3) is 1.00. The first-order valence-corrected chi connectivity index (χ1v) is 4.58. The molecule has 0 aromatic rings. The lowest BCUT2D eigenvalue weighted by atomic mass is 9.76. The SMILES string of the molecule is CC1CC(CN)(CO)CC(C)O1. The minimum Gasteiger partial charge on any atom is -0.396 e. The van der Waals surface area contributed by atoms with Gasteiger partial charge in [-0.05, 0) is 26.7 Å². The van der Waals surface area contributed by atoms with Crippen molar-refractivity contribution in [1.29, 1.82) is 0 Å². The van der Waals surface area contributed by atoms with Gasteiger partial charge < -0.3 is 15.6 Å². The highest BCUT2D eigenvalue weighted by Crippen LogP contribution is 2.34. The summed E-state index contributed by atoms with van der Waals surface area (Å²) in [6.45, 7) is 4.81. The molecule has 0 aliphatic carbocycles. The molecule has 0 saturated carbocycles. The molecule has 2 unspecified atom stereocenters. The van der Waals surface area contributed by atoms with E-state index in [4.69, 9.17) is 10.5 Å². The van der Waals surface area contributed by atoms with Crippen molar-refractivity contribution in [3.05, 3.63) is 0 Å². The molecular weight excluding hydrogens is 154 g/mol. The third-order valence-corrected chi connectivity index (χ3v) is 2.67. The van der Waals surface area contributed by atoms with E-state index in [2.05, 4.69) is 0 Å². The molecule has 12 heavy (non-hydrogen) atoms. The Bertz CT molecular complexity index is 133. The number of rotatable bonds is 2. The Balaban J connectivity index is 2.62. The predicted octanol–water partition coefficient (Wildman–Crippen LogP) is 0.511. The summed E-state index contributed by atoms with van der Waals surface area (Å²) in [5.41, 5.74) is 5.57. The standard InChI is InChI=1S/C9H19NO2/c1-7-3-9(5-10,6-11)4-8(2)12-7/h7-8,11H,3-6,10H2,1-2H3. The second-order valence-corrected chi connectivity index (χ2v) is 4.03. The van der Waals surface area contributed by atoms with Crippen LogP contribution in [0.4, 0.5) is 0 Å². The van der Waals surface area contributed by atoms with Gasteiger partial charge in [0, 0.05) is 12.0 Å². The molecule has 2 atom stereocenters. The van der Waals surface area contributed by atoms with Crippen LogP contribution in [0.25, 0.3) is 0 Å². The minimum atomic E-state index is -0.0862. The summed E-state index contributed by atoms with van der Waals surface area (Å²) in [7, 11) is 0. The highest BCUT2D eigenvalue weighted by Gasteiger charge is 2.36. The third-order valence-electron chi connectivity index (χ3n) is 2.67. The molecule has 72 valence electrons. The second kappa shape index (κ2) is 3.73. The van der Waals surface area contributed by atoms with E-state index in [1.807, 2.05) is 13.8 Å². The normalized spacial score (nSPS) is 43.0. The topological polar surface area (TPSA) is 55.5 Å². The monoisotopic (exact) mass is 173 g/mol. The molecule has 3 N–H and O–H groups in total. The van der Waals surface area contributed by atoms with Gasteiger partial charge in [0.2, 0.25) is 0 Å². The van der Waals surface area contributed by atoms with Gasteiger partial charge in [-0.3, -0.25) is 0 Å². The van der Waals surface area contributed by atoms with Crippen molar-refractivity contribution in [3.63, 3.8) is 0 Å². The fourth-order valence-corrected chi connectivity index (χ4v) is 2.16. The van der Waals surface area contributed by atoms with Gasteiger partial charge in [0.05, 0.1) is 18.8 Å². The Labute approximate surface area is 73.9 Å². The van der Waals surface area contributed by atoms with Gasteiger partial charge in [-0.15, -0.1) is 0 Å². The van der Waals surface area contributed by atoms with Crippen molar-refractivity contribution in [2.45, 2.75) is 38.9 Å². The van der Waals surface area contributed by atoms with E-state index in [0.717, 1.165) is 12.8 Å². The maximum absolute atomic E-state index is 9.24. The van der Waals surface area contributed by atoms with Crippen LogP contribution in [-0.2, 0) is 4.74 Å². The maximum Gasteiger partial charge on any atom is 0.0557 e. The Morgan fingerprint density at radius 1 is 1.42 bits per heavy atom. The zero-order valence-electron chi connectivity index (χ0n) is 7.92. The van der Waals surface area contributed by atoms with E-state index >= 15 is 0 Å². The molecule has 3 nitrogen and oxygen atoms in total. The van der Waals surface area contributed by atoms with Crippen LogP contribution in [0.15, 0.2) is 0 Å². The molecule has 0 spiro atoms. The molecule has 3 heteroatoms. The summed E-state index contributed by atoms with van der Waals surface area (Å²) >= 11 is 0. The summed E-state index contributed by atoms with van der Waals surface area (Å²) in [6.07, 6.45) is 2.21. The highest BCUT2D eigenvalue weighted by molar-refractivity contribution is 4.87. The van der Waals surface area contributed by atoms with Crippen molar-refractivity contribution in [2.75, 3.05) is 13.2 Å². The van der Waals surface area contributed by atoms with Gasteiger partial charge in [0.15, 0.2) is 0 Å². The van der Waals surface area contributed by atoms with E-state index in [0.29, 0.717) is 6.54 Å². The largest absolute Gasteiger partial charge is 0.396 e. The van der Waals surface area contributed by atoms with Crippen LogP contribution in [0.2, 0.25) is 0 Å². The molecule has 1 rings (SSSR count). The van der Waals surface area contributed by atoms with E-state index in [-0.39, 0.29) is 24.2 Å². The average Bonchev–Trinajstić information content (AvgIpc) is 2.02. The van der Waals surface area contributed by atoms with Crippen molar-refractivity contribution in [3.8, 4) is 0 Å². The maximum atomic E-state index is 9.24. The van der Waals surface area contributed by atoms with Crippen LogP contribution in [0.5, 0.6) is 0 Å². The summed E-state index contributed by atoms with van der Waals surface area (Å²) in [4.78, 5) is 0. The first kappa shape index (κ1) is 9.96. The quantitative estimate of drug-likeness (QED) is 0.639. The molecule has 0 bridgehead atoms. The lowest BCUT2D eigenvalue weighted by molar-refractivity contribution is -0.0986. The van der Waals surface area contributed by atoms with Crippen molar-refractivity contribution in [2.24, 2.45) is 11.1 Å². The lowest BCUT2D eigenvalue weighted by Gasteiger charge is -2.41. The Morgan fingerprint density at radius 2 is 1.92 bits per heavy atom. The van der Waals surface area contributed by atoms with E-state index in [1.54, 1.807) is 0 Å². The van der Waals surface area contributed by atoms with Crippen LogP contribution < -0.4 is 5.73 Å². The molecule has 1 aliphatic rings. The first-order chi connectivity index (χ1) is 5.62. The Kier molecular flexibility index (Phi) is 3.09. The van der Waals surface area contributed by atoms with Crippen LogP contribution in [-0.4, -0.2) is 30.5 Å². The fourth-order valence-electron chi connectivity index (χ4n) is 2.16. The summed E-state index contributed by atoms with van der Waals surface area (Å²) < 4.78 is 5.58. The Morgan fingerprint density at radius 3 is 2.25 bits per heavy atom. The third kappa shape index (κ3) is 1.97. The number of hydrogen-bond acceptors (Lipinski definition) is 3. The summed E-state index contributed by atoms with van der Waals surface area (Å²) in [6, 6.07) is 0. The number of hydrogen-bond donors (Lipinski definition) is 2. The second-order valence-electron chi connectivity index (χ2n) is 4.03. The molecule has 1 heterocycles. The molecular formula is C9H19NO2. The minimum absolute atomic E-state index is 0.0862. The zero-order chi connectivity index (χ0) is 9.19. The molecule has 1 aliphatic heterocycles. The molecule has 0 aromatic carbocycles. The summed E-state index contributed by atoms with van der Waals surface area (Å²) in [5.74, 6) is 0. The molecule has 1 fully saturated rings. The number of aliphatic hydroxyl groups is 1. The predicted molar refractivity (Wildman–Crippen MR) is 47.8 cm³/mol. The smallest absolute Gasteiger partial charge is 0.0557 e. The van der Waals surface area contributed by atoms with Crippen LogP contribution >= 0.6 is 0 Å². The molecule has 0 amide bonds. The van der Waals surface area contributed by atoms with Crippen LogP contribution in [0.3, 0.4) is 0 Å². The zero-order valence-corrected chi connectivity index (χ0v) is 7.92. The first-order valence-electron chi connectivity index (χ1n) is 4.58.